The molecule has 0 spiro atoms. The van der Waals surface area contributed by atoms with Crippen LogP contribution in [0.15, 0.2) is 22.7 Å². The zero-order valence-corrected chi connectivity index (χ0v) is 13.8. The van der Waals surface area contributed by atoms with E-state index in [1.165, 1.54) is 11.3 Å². The summed E-state index contributed by atoms with van der Waals surface area (Å²) in [4.78, 5) is 2.34. The molecule has 0 aliphatic heterocycles. The molecule has 0 radical (unpaired) electrons. The van der Waals surface area contributed by atoms with Gasteiger partial charge in [-0.15, -0.1) is 0 Å². The fourth-order valence-corrected chi connectivity index (χ4v) is 2.45. The van der Waals surface area contributed by atoms with Crippen molar-refractivity contribution in [3.63, 3.8) is 0 Å². The van der Waals surface area contributed by atoms with Gasteiger partial charge in [-0.25, -0.2) is 0 Å². The highest BCUT2D eigenvalue weighted by atomic mass is 79.9. The van der Waals surface area contributed by atoms with E-state index in [9.17, 15) is 0 Å². The SMILES string of the molecule is CCNCc1ccc(Br)cc1N(C)CC(C)(C)C. The van der Waals surface area contributed by atoms with E-state index >= 15 is 0 Å². The predicted molar refractivity (Wildman–Crippen MR) is 84.2 cm³/mol. The predicted octanol–water partition coefficient (Wildman–Crippen LogP) is 4.04. The lowest BCUT2D eigenvalue weighted by Gasteiger charge is -2.30. The normalized spacial score (nSPS) is 11.7. The monoisotopic (exact) mass is 312 g/mol. The summed E-state index contributed by atoms with van der Waals surface area (Å²) in [6.45, 7) is 11.9. The zero-order chi connectivity index (χ0) is 13.8. The first-order valence-corrected chi connectivity index (χ1v) is 7.33. The van der Waals surface area contributed by atoms with Crippen LogP contribution in [0.1, 0.15) is 33.3 Å². The molecule has 0 bridgehead atoms. The lowest BCUT2D eigenvalue weighted by molar-refractivity contribution is 0.418. The average Bonchev–Trinajstić information content (AvgIpc) is 2.25. The maximum absolute atomic E-state index is 3.57. The van der Waals surface area contributed by atoms with Crippen LogP contribution in [-0.4, -0.2) is 20.1 Å². The van der Waals surface area contributed by atoms with Crippen LogP contribution in [0, 0.1) is 5.41 Å². The summed E-state index contributed by atoms with van der Waals surface area (Å²) in [6.07, 6.45) is 0. The summed E-state index contributed by atoms with van der Waals surface area (Å²) in [6, 6.07) is 6.51. The van der Waals surface area contributed by atoms with Crippen LogP contribution in [0.25, 0.3) is 0 Å². The Hall–Kier alpha value is -0.540. The van der Waals surface area contributed by atoms with Crippen molar-refractivity contribution in [2.75, 3.05) is 25.0 Å². The van der Waals surface area contributed by atoms with Crippen molar-refractivity contribution in [1.82, 2.24) is 5.32 Å². The summed E-state index contributed by atoms with van der Waals surface area (Å²) >= 11 is 3.57. The number of hydrogen-bond donors (Lipinski definition) is 1. The molecule has 1 rings (SSSR count). The summed E-state index contributed by atoms with van der Waals surface area (Å²) in [5, 5.41) is 3.40. The number of halogens is 1. The van der Waals surface area contributed by atoms with Crippen LogP contribution in [0.4, 0.5) is 5.69 Å². The second-order valence-corrected chi connectivity index (χ2v) is 6.89. The molecule has 1 aromatic carbocycles. The minimum atomic E-state index is 0.298. The van der Waals surface area contributed by atoms with Crippen molar-refractivity contribution in [3.05, 3.63) is 28.2 Å². The summed E-state index contributed by atoms with van der Waals surface area (Å²) < 4.78 is 1.14. The third kappa shape index (κ3) is 4.99. The van der Waals surface area contributed by atoms with Crippen LogP contribution in [0.2, 0.25) is 0 Å². The number of nitrogens with zero attached hydrogens (tertiary/aromatic N) is 1. The Morgan fingerprint density at radius 1 is 1.28 bits per heavy atom. The van der Waals surface area contributed by atoms with Crippen molar-refractivity contribution >= 4 is 21.6 Å². The van der Waals surface area contributed by atoms with Crippen LogP contribution >= 0.6 is 15.9 Å². The molecule has 18 heavy (non-hydrogen) atoms. The van der Waals surface area contributed by atoms with Gasteiger partial charge in [-0.3, -0.25) is 0 Å². The van der Waals surface area contributed by atoms with E-state index < -0.39 is 0 Å². The second kappa shape index (κ2) is 6.58. The number of hydrogen-bond acceptors (Lipinski definition) is 2. The highest BCUT2D eigenvalue weighted by Crippen LogP contribution is 2.27. The molecule has 1 aromatic rings. The first-order chi connectivity index (χ1) is 8.33. The van der Waals surface area contributed by atoms with E-state index in [2.05, 4.69) is 79.1 Å². The summed E-state index contributed by atoms with van der Waals surface area (Å²) in [5.74, 6) is 0. The smallest absolute Gasteiger partial charge is 0.0420 e. The van der Waals surface area contributed by atoms with Gasteiger partial charge < -0.3 is 10.2 Å². The van der Waals surface area contributed by atoms with Gasteiger partial charge in [0, 0.05) is 30.3 Å². The van der Waals surface area contributed by atoms with Gasteiger partial charge in [-0.2, -0.15) is 0 Å². The van der Waals surface area contributed by atoms with Gasteiger partial charge in [0.05, 0.1) is 0 Å². The first kappa shape index (κ1) is 15.5. The lowest BCUT2D eigenvalue weighted by Crippen LogP contribution is -2.30. The van der Waals surface area contributed by atoms with Gasteiger partial charge in [-0.1, -0.05) is 49.7 Å². The number of rotatable bonds is 5. The van der Waals surface area contributed by atoms with Crippen molar-refractivity contribution in [3.8, 4) is 0 Å². The van der Waals surface area contributed by atoms with Crippen LogP contribution < -0.4 is 10.2 Å². The quantitative estimate of drug-likeness (QED) is 0.882. The van der Waals surface area contributed by atoms with Gasteiger partial charge in [0.25, 0.3) is 0 Å². The molecule has 1 N–H and O–H groups in total. The minimum Gasteiger partial charge on any atom is -0.374 e. The third-order valence-corrected chi connectivity index (χ3v) is 3.23. The molecular formula is C15H25BrN2. The topological polar surface area (TPSA) is 15.3 Å². The van der Waals surface area contributed by atoms with E-state index in [4.69, 9.17) is 0 Å². The Labute approximate surface area is 120 Å². The van der Waals surface area contributed by atoms with Crippen molar-refractivity contribution in [2.24, 2.45) is 5.41 Å². The molecule has 0 heterocycles. The van der Waals surface area contributed by atoms with Crippen molar-refractivity contribution < 1.29 is 0 Å². The molecule has 0 atom stereocenters. The van der Waals surface area contributed by atoms with Gasteiger partial charge in [0.1, 0.15) is 0 Å². The van der Waals surface area contributed by atoms with Crippen molar-refractivity contribution in [2.45, 2.75) is 34.2 Å². The first-order valence-electron chi connectivity index (χ1n) is 6.54. The minimum absolute atomic E-state index is 0.298. The van der Waals surface area contributed by atoms with E-state index in [-0.39, 0.29) is 0 Å². The number of benzene rings is 1. The van der Waals surface area contributed by atoms with E-state index in [0.29, 0.717) is 5.41 Å². The molecule has 0 saturated carbocycles. The van der Waals surface area contributed by atoms with Gasteiger partial charge in [-0.05, 0) is 29.7 Å². The molecule has 0 fully saturated rings. The molecule has 0 aromatic heterocycles. The maximum Gasteiger partial charge on any atom is 0.0420 e. The maximum atomic E-state index is 3.57. The highest BCUT2D eigenvalue weighted by Gasteiger charge is 2.16. The summed E-state index contributed by atoms with van der Waals surface area (Å²) in [5.41, 5.74) is 2.96. The standard InChI is InChI=1S/C15H25BrN2/c1-6-17-10-12-7-8-13(16)9-14(12)18(5)11-15(2,3)4/h7-9,17H,6,10-11H2,1-5H3. The molecule has 2 nitrogen and oxygen atoms in total. The molecule has 0 saturated heterocycles. The highest BCUT2D eigenvalue weighted by molar-refractivity contribution is 9.10. The molecule has 102 valence electrons. The fraction of sp³-hybridized carbons (Fsp3) is 0.600. The van der Waals surface area contributed by atoms with Gasteiger partial charge in [0.2, 0.25) is 0 Å². The van der Waals surface area contributed by atoms with Gasteiger partial charge in [0.15, 0.2) is 0 Å². The molecule has 0 aliphatic rings. The van der Waals surface area contributed by atoms with Crippen LogP contribution in [0.3, 0.4) is 0 Å². The lowest BCUT2D eigenvalue weighted by atomic mass is 9.95. The molecular weight excluding hydrogens is 288 g/mol. The Morgan fingerprint density at radius 2 is 1.94 bits per heavy atom. The van der Waals surface area contributed by atoms with E-state index in [1.54, 1.807) is 0 Å². The van der Waals surface area contributed by atoms with Crippen LogP contribution in [-0.2, 0) is 6.54 Å². The Kier molecular flexibility index (Phi) is 5.67. The average molecular weight is 313 g/mol. The number of nitrogens with one attached hydrogen (secondary N) is 1. The largest absolute Gasteiger partial charge is 0.374 e. The second-order valence-electron chi connectivity index (χ2n) is 5.97. The Balaban J connectivity index is 2.93. The van der Waals surface area contributed by atoms with Crippen LogP contribution in [0.5, 0.6) is 0 Å². The number of anilines is 1. The molecule has 0 amide bonds. The Morgan fingerprint density at radius 3 is 2.50 bits per heavy atom. The van der Waals surface area contributed by atoms with Gasteiger partial charge >= 0.3 is 0 Å². The zero-order valence-electron chi connectivity index (χ0n) is 12.2. The summed E-state index contributed by atoms with van der Waals surface area (Å²) in [7, 11) is 2.17. The van der Waals surface area contributed by atoms with E-state index in [0.717, 1.165) is 24.1 Å². The fourth-order valence-electron chi connectivity index (χ4n) is 2.10. The third-order valence-electron chi connectivity index (χ3n) is 2.74. The molecule has 0 aliphatic carbocycles. The Bertz CT molecular complexity index is 383. The molecule has 3 heteroatoms. The molecule has 0 unspecified atom stereocenters. The van der Waals surface area contributed by atoms with Crippen molar-refractivity contribution in [1.29, 1.82) is 0 Å². The van der Waals surface area contributed by atoms with E-state index in [1.807, 2.05) is 0 Å².